The molecule has 93 heavy (non-hydrogen) atoms. The maximum absolute atomic E-state index is 14.2. The van der Waals surface area contributed by atoms with Crippen LogP contribution in [0, 0.1) is 35.8 Å². The van der Waals surface area contributed by atoms with E-state index in [1.165, 1.54) is 13.7 Å². The van der Waals surface area contributed by atoms with Crippen molar-refractivity contribution >= 4 is 49.2 Å². The van der Waals surface area contributed by atoms with E-state index in [9.17, 15) is 52.7 Å². The number of hydrogen-bond donors (Lipinski definition) is 0. The second kappa shape index (κ2) is 27.5. The van der Waals surface area contributed by atoms with Crippen LogP contribution in [0.25, 0.3) is 17.1 Å². The Bertz CT molecular complexity index is 4460. The van der Waals surface area contributed by atoms with Gasteiger partial charge in [0.2, 0.25) is 0 Å². The molecule has 12 rings (SSSR count). The Labute approximate surface area is 539 Å². The van der Waals surface area contributed by atoms with E-state index >= 15 is 0 Å². The van der Waals surface area contributed by atoms with Crippen LogP contribution in [0.5, 0.6) is 0 Å². The molecular weight excluding hydrogens is 1320 g/mol. The number of imidazole rings is 3. The van der Waals surface area contributed by atoms with Crippen molar-refractivity contribution in [1.29, 1.82) is 0 Å². The fraction of sp³-hybridized carbons (Fsp3) is 0.217. The van der Waals surface area contributed by atoms with Crippen molar-refractivity contribution in [3.05, 3.63) is 248 Å². The minimum Gasteiger partial charge on any atom is -0.300 e. The number of rotatable bonds is 9. The molecule has 3 aliphatic rings. The third-order valence-electron chi connectivity index (χ3n) is 14.3. The van der Waals surface area contributed by atoms with Crippen LogP contribution in [0.15, 0.2) is 184 Å². The van der Waals surface area contributed by atoms with E-state index in [2.05, 4.69) is 108 Å². The summed E-state index contributed by atoms with van der Waals surface area (Å²) in [6, 6.07) is 43.5. The van der Waals surface area contributed by atoms with Crippen LogP contribution in [0.3, 0.4) is 0 Å². The van der Waals surface area contributed by atoms with Crippen LogP contribution >= 0.6 is 15.9 Å². The summed E-state index contributed by atoms with van der Waals surface area (Å²) >= 11 is 3.41. The van der Waals surface area contributed by atoms with Crippen molar-refractivity contribution in [2.24, 2.45) is 15.0 Å². The van der Waals surface area contributed by atoms with Gasteiger partial charge in [0, 0.05) is 49.0 Å². The van der Waals surface area contributed by atoms with Crippen LogP contribution in [0.1, 0.15) is 78.7 Å². The molecule has 476 valence electrons. The summed E-state index contributed by atoms with van der Waals surface area (Å²) in [6.45, 7) is 12.3. The molecule has 0 spiro atoms. The van der Waals surface area contributed by atoms with Crippen molar-refractivity contribution < 1.29 is 52.7 Å². The Morgan fingerprint density at radius 3 is 1.06 bits per heavy atom. The van der Waals surface area contributed by atoms with Gasteiger partial charge in [0.05, 0.1) is 70.9 Å². The second-order valence-corrected chi connectivity index (χ2v) is 33.7. The number of halogens is 13. The van der Waals surface area contributed by atoms with Gasteiger partial charge in [-0.2, -0.15) is 26.3 Å². The number of benzene rings is 6. The number of fused-ring (bicyclic) bond motifs is 9. The molecule has 6 heterocycles. The van der Waals surface area contributed by atoms with Gasteiger partial charge in [-0.25, -0.2) is 41.3 Å². The molecule has 0 bridgehead atoms. The summed E-state index contributed by atoms with van der Waals surface area (Å²) in [6.07, 6.45) is 2.49. The molecule has 0 N–H and O–H groups in total. The molecule has 0 radical (unpaired) electrons. The van der Waals surface area contributed by atoms with Crippen LogP contribution < -0.4 is 0 Å². The van der Waals surface area contributed by atoms with Gasteiger partial charge in [0.25, 0.3) is 0 Å². The predicted molar refractivity (Wildman–Crippen MR) is 346 cm³/mol. The SMILES string of the molecule is C#C[Si](C)(C)C.C#Cc1ccc2c(c1)C(c1ccccc1)=NCc1c(C(F)(F)C(F)F)ncn1-2.C[Si](C)(C)C#Cc1ccc2c(c1)C(c1ccccc1)=NCc1c(C(F)(F)C(F)F)ncn1-2.FC(F)C(F)(F)c1ncn2c1CN=C(c1ccccc1)c1cc(Br)ccc1-2. The molecule has 9 aromatic rings. The lowest BCUT2D eigenvalue weighted by Gasteiger charge is -2.15. The molecule has 0 atom stereocenters. The maximum Gasteiger partial charge on any atom is 0.350 e. The average molecular weight is 1380 g/mol. The maximum atomic E-state index is 14.2. The number of nitrogens with zero attached hydrogens (tertiary/aromatic N) is 9. The topological polar surface area (TPSA) is 90.5 Å². The third kappa shape index (κ3) is 14.8. The highest BCUT2D eigenvalue weighted by atomic mass is 79.9. The molecule has 24 heteroatoms. The summed E-state index contributed by atoms with van der Waals surface area (Å²) in [4.78, 5) is 24.4. The lowest BCUT2D eigenvalue weighted by atomic mass is 9.98. The third-order valence-corrected chi connectivity index (χ3v) is 16.6. The molecule has 0 aliphatic carbocycles. The van der Waals surface area contributed by atoms with Gasteiger partial charge in [-0.1, -0.05) is 158 Å². The first kappa shape index (κ1) is 68.1. The number of alkyl halides is 12. The minimum absolute atomic E-state index is 0.0465. The minimum atomic E-state index is -4.37. The fourth-order valence-corrected chi connectivity index (χ4v) is 10.7. The first-order chi connectivity index (χ1) is 44.0. The Morgan fingerprint density at radius 1 is 0.441 bits per heavy atom. The van der Waals surface area contributed by atoms with E-state index in [1.54, 1.807) is 42.5 Å². The number of aromatic nitrogens is 6. The van der Waals surface area contributed by atoms with Crippen LogP contribution in [-0.2, 0) is 37.4 Å². The van der Waals surface area contributed by atoms with Gasteiger partial charge < -0.3 is 13.7 Å². The number of terminal acetylenes is 2. The average Bonchev–Trinajstić information content (AvgIpc) is 1.63. The second-order valence-electron chi connectivity index (χ2n) is 23.3. The molecule has 0 fully saturated rings. The predicted octanol–water partition coefficient (Wildman–Crippen LogP) is 17.2. The molecule has 0 amide bonds. The zero-order valence-corrected chi connectivity index (χ0v) is 54.1. The Balaban J connectivity index is 0.000000158. The Hall–Kier alpha value is -9.29. The Kier molecular flexibility index (Phi) is 20.1. The van der Waals surface area contributed by atoms with E-state index in [1.807, 2.05) is 103 Å². The van der Waals surface area contributed by atoms with Crippen molar-refractivity contribution in [3.8, 4) is 52.8 Å². The summed E-state index contributed by atoms with van der Waals surface area (Å²) in [5.74, 6) is -7.33. The lowest BCUT2D eigenvalue weighted by molar-refractivity contribution is -0.138. The van der Waals surface area contributed by atoms with Crippen LogP contribution in [0.2, 0.25) is 39.3 Å². The number of aliphatic imine (C=N–C) groups is 3. The van der Waals surface area contributed by atoms with Gasteiger partial charge in [0.1, 0.15) is 52.2 Å². The standard InChI is InChI=1S/C24H21F4N3Si.C21H13F4N3.C19H12BrF4N3.C5H10Si/c1-32(2,3)12-11-16-9-10-19-18(13-16)21(17-7-5-4-6-8-17)29-14-20-22(30-15-31(19)20)24(27,28)23(25)26;1-2-13-8-9-16-15(10-13)18(14-6-4-3-5-7-14)26-11-17-19(27-12-28(16)17)21(24,25)20(22)23;20-12-6-7-14-13(8-12)16(11-4-2-1-3-5-11)25-9-15-17(26-10-27(14)15)19(23,24)18(21)22;1-5-6(2,3)4/h4-10,13,15,23H,14H2,1-3H3;1,3-10,12,20H,11H2;1-8,10,18H,9H2;1H,2-4H3. The molecule has 6 aromatic carbocycles. The molecule has 0 saturated carbocycles. The van der Waals surface area contributed by atoms with Crippen LogP contribution in [0.4, 0.5) is 52.7 Å². The smallest absolute Gasteiger partial charge is 0.300 e. The zero-order chi connectivity index (χ0) is 67.4. The van der Waals surface area contributed by atoms with Crippen molar-refractivity contribution in [2.75, 3.05) is 0 Å². The quantitative estimate of drug-likeness (QED) is 0.0819. The zero-order valence-electron chi connectivity index (χ0n) is 50.5. The molecule has 0 saturated heterocycles. The lowest BCUT2D eigenvalue weighted by Crippen LogP contribution is -2.25. The van der Waals surface area contributed by atoms with E-state index in [4.69, 9.17) is 12.8 Å². The van der Waals surface area contributed by atoms with Gasteiger partial charge in [0.15, 0.2) is 0 Å². The molecule has 0 unspecified atom stereocenters. The first-order valence-corrected chi connectivity index (χ1v) is 36.3. The summed E-state index contributed by atoms with van der Waals surface area (Å²) in [7, 11) is -2.72. The van der Waals surface area contributed by atoms with Gasteiger partial charge in [-0.15, -0.1) is 23.9 Å². The largest absolute Gasteiger partial charge is 0.350 e. The first-order valence-electron chi connectivity index (χ1n) is 28.5. The van der Waals surface area contributed by atoms with E-state index in [0.717, 1.165) is 45.7 Å². The van der Waals surface area contributed by atoms with Crippen molar-refractivity contribution in [2.45, 2.75) is 96.0 Å². The van der Waals surface area contributed by atoms with Gasteiger partial charge >= 0.3 is 37.0 Å². The fourth-order valence-electron chi connectivity index (χ4n) is 9.80. The normalized spacial score (nSPS) is 13.4. The van der Waals surface area contributed by atoms with Gasteiger partial charge in [-0.3, -0.25) is 15.0 Å². The highest BCUT2D eigenvalue weighted by Crippen LogP contribution is 2.42. The highest BCUT2D eigenvalue weighted by molar-refractivity contribution is 9.10. The summed E-state index contributed by atoms with van der Waals surface area (Å²) in [5.41, 5.74) is 12.1. The van der Waals surface area contributed by atoms with E-state index in [0.29, 0.717) is 56.5 Å². The summed E-state index contributed by atoms with van der Waals surface area (Å²) < 4.78 is 167. The molecule has 3 aliphatic heterocycles. The molecular formula is C69H56BrF12N9Si2. The highest BCUT2D eigenvalue weighted by Gasteiger charge is 2.50. The van der Waals surface area contributed by atoms with E-state index < -0.39 is 70.3 Å². The molecule has 9 nitrogen and oxygen atoms in total. The van der Waals surface area contributed by atoms with E-state index in [-0.39, 0.29) is 36.7 Å². The van der Waals surface area contributed by atoms with Crippen LogP contribution in [-0.4, -0.2) is 81.2 Å². The van der Waals surface area contributed by atoms with Crippen molar-refractivity contribution in [3.63, 3.8) is 0 Å². The summed E-state index contributed by atoms with van der Waals surface area (Å²) in [5, 5.41) is 0. The monoisotopic (exact) mass is 1370 g/mol. The Morgan fingerprint density at radius 2 is 0.753 bits per heavy atom. The van der Waals surface area contributed by atoms with Gasteiger partial charge in [-0.05, 0) is 54.6 Å². The molecule has 3 aromatic heterocycles. The van der Waals surface area contributed by atoms with Crippen molar-refractivity contribution in [1.82, 2.24) is 28.7 Å². The number of hydrogen-bond acceptors (Lipinski definition) is 6.